The predicted molar refractivity (Wildman–Crippen MR) is 117 cm³/mol. The van der Waals surface area contributed by atoms with E-state index in [0.29, 0.717) is 34.6 Å². The second kappa shape index (κ2) is 7.12. The van der Waals surface area contributed by atoms with Crippen LogP contribution in [0.2, 0.25) is 0 Å². The van der Waals surface area contributed by atoms with Crippen LogP contribution >= 0.6 is 11.3 Å². The molecule has 0 aliphatic carbocycles. The maximum Gasteiger partial charge on any atom is 0.225 e. The van der Waals surface area contributed by atoms with Gasteiger partial charge in [-0.2, -0.15) is 5.26 Å². The number of rotatable bonds is 2. The molecule has 10 heteroatoms. The SMILES string of the molecule is N#Cc1c(N)sc2c1C(c1c3c(c4cnc(N5CCCC5)nc4c1F)COC3)NC=C2F. The van der Waals surface area contributed by atoms with Gasteiger partial charge >= 0.3 is 0 Å². The predicted octanol–water partition coefficient (Wildman–Crippen LogP) is 3.88. The molecule has 1 aromatic carbocycles. The Morgan fingerprint density at radius 3 is 2.78 bits per heavy atom. The number of benzene rings is 1. The molecule has 1 saturated heterocycles. The van der Waals surface area contributed by atoms with Gasteiger partial charge in [0.25, 0.3) is 0 Å². The molecule has 2 aromatic heterocycles. The molecule has 3 aromatic rings. The van der Waals surface area contributed by atoms with Crippen LogP contribution in [0.4, 0.5) is 19.7 Å². The summed E-state index contributed by atoms with van der Waals surface area (Å²) in [6.07, 6.45) is 4.97. The zero-order valence-corrected chi connectivity index (χ0v) is 17.7. The van der Waals surface area contributed by atoms with Crippen LogP contribution in [0.5, 0.6) is 0 Å². The number of nitrogens with one attached hydrogen (secondary N) is 1. The molecule has 0 saturated carbocycles. The van der Waals surface area contributed by atoms with E-state index in [9.17, 15) is 9.65 Å². The van der Waals surface area contributed by atoms with Crippen molar-refractivity contribution in [2.75, 3.05) is 23.7 Å². The molecule has 3 N–H and O–H groups in total. The van der Waals surface area contributed by atoms with Crippen molar-refractivity contribution in [2.24, 2.45) is 0 Å². The summed E-state index contributed by atoms with van der Waals surface area (Å²) in [5.74, 6) is -0.540. The van der Waals surface area contributed by atoms with Crippen molar-refractivity contribution in [1.29, 1.82) is 5.26 Å². The number of hydrogen-bond donors (Lipinski definition) is 2. The van der Waals surface area contributed by atoms with Crippen LogP contribution in [0.15, 0.2) is 12.4 Å². The average Bonchev–Trinajstić information content (AvgIpc) is 3.55. The van der Waals surface area contributed by atoms with Gasteiger partial charge < -0.3 is 20.7 Å². The van der Waals surface area contributed by atoms with Gasteiger partial charge in [0.2, 0.25) is 5.95 Å². The van der Waals surface area contributed by atoms with Crippen LogP contribution in [0.3, 0.4) is 0 Å². The summed E-state index contributed by atoms with van der Waals surface area (Å²) in [6, 6.07) is 1.28. The summed E-state index contributed by atoms with van der Waals surface area (Å²) >= 11 is 0.996. The van der Waals surface area contributed by atoms with Crippen molar-refractivity contribution in [3.63, 3.8) is 0 Å². The normalized spacial score (nSPS) is 19.5. The van der Waals surface area contributed by atoms with Crippen molar-refractivity contribution in [1.82, 2.24) is 15.3 Å². The summed E-state index contributed by atoms with van der Waals surface area (Å²) in [7, 11) is 0. The number of ether oxygens (including phenoxy) is 1. The first-order chi connectivity index (χ1) is 15.6. The molecule has 32 heavy (non-hydrogen) atoms. The molecule has 3 aliphatic rings. The maximum absolute atomic E-state index is 16.2. The number of aromatic nitrogens is 2. The fraction of sp³-hybridized carbons (Fsp3) is 0.318. The van der Waals surface area contributed by atoms with Gasteiger partial charge in [-0.3, -0.25) is 0 Å². The van der Waals surface area contributed by atoms with E-state index in [-0.39, 0.29) is 27.6 Å². The molecular formula is C22H18F2N6OS. The Morgan fingerprint density at radius 2 is 2.00 bits per heavy atom. The fourth-order valence-electron chi connectivity index (χ4n) is 4.86. The Balaban J connectivity index is 1.61. The third kappa shape index (κ3) is 2.64. The van der Waals surface area contributed by atoms with E-state index in [1.807, 2.05) is 4.90 Å². The summed E-state index contributed by atoms with van der Waals surface area (Å²) < 4.78 is 36.4. The number of halogens is 2. The van der Waals surface area contributed by atoms with Gasteiger partial charge in [-0.05, 0) is 24.0 Å². The molecule has 1 atom stereocenters. The third-order valence-electron chi connectivity index (χ3n) is 6.37. The van der Waals surface area contributed by atoms with Crippen LogP contribution in [0.1, 0.15) is 51.6 Å². The molecule has 162 valence electrons. The lowest BCUT2D eigenvalue weighted by Gasteiger charge is -2.26. The molecule has 1 fully saturated rings. The van der Waals surface area contributed by atoms with Crippen molar-refractivity contribution in [3.8, 4) is 6.07 Å². The molecule has 6 rings (SSSR count). The number of fused-ring (bicyclic) bond motifs is 4. The molecule has 3 aliphatic heterocycles. The monoisotopic (exact) mass is 452 g/mol. The van der Waals surface area contributed by atoms with E-state index < -0.39 is 17.7 Å². The number of thiophene rings is 1. The van der Waals surface area contributed by atoms with E-state index in [4.69, 9.17) is 10.5 Å². The molecule has 7 nitrogen and oxygen atoms in total. The second-order valence-electron chi connectivity index (χ2n) is 8.09. The molecule has 0 amide bonds. The van der Waals surface area contributed by atoms with Crippen LogP contribution in [0.25, 0.3) is 16.7 Å². The van der Waals surface area contributed by atoms with Gasteiger partial charge in [0, 0.05) is 42.0 Å². The smallest absolute Gasteiger partial charge is 0.225 e. The Labute approximate surface area is 186 Å². The summed E-state index contributed by atoms with van der Waals surface area (Å²) in [5, 5.41) is 13.4. The van der Waals surface area contributed by atoms with E-state index in [1.165, 1.54) is 6.20 Å². The largest absolute Gasteiger partial charge is 0.389 e. The van der Waals surface area contributed by atoms with Crippen LogP contribution in [0, 0.1) is 17.1 Å². The highest BCUT2D eigenvalue weighted by Crippen LogP contribution is 2.47. The van der Waals surface area contributed by atoms with Crippen LogP contribution < -0.4 is 16.0 Å². The lowest BCUT2D eigenvalue weighted by molar-refractivity contribution is 0.134. The van der Waals surface area contributed by atoms with E-state index >= 15 is 4.39 Å². The zero-order valence-electron chi connectivity index (χ0n) is 16.9. The van der Waals surface area contributed by atoms with Gasteiger partial charge in [0.1, 0.15) is 16.6 Å². The first kappa shape index (κ1) is 19.4. The van der Waals surface area contributed by atoms with Crippen molar-refractivity contribution in [3.05, 3.63) is 50.9 Å². The lowest BCUT2D eigenvalue weighted by atomic mass is 9.87. The number of anilines is 2. The summed E-state index contributed by atoms with van der Waals surface area (Å²) in [4.78, 5) is 11.4. The minimum atomic E-state index is -0.780. The zero-order chi connectivity index (χ0) is 22.0. The van der Waals surface area contributed by atoms with Gasteiger partial charge in [0.15, 0.2) is 11.6 Å². The van der Waals surface area contributed by atoms with Crippen LogP contribution in [-0.4, -0.2) is 23.1 Å². The van der Waals surface area contributed by atoms with E-state index in [0.717, 1.165) is 42.8 Å². The Bertz CT molecular complexity index is 1360. The van der Waals surface area contributed by atoms with Crippen molar-refractivity contribution in [2.45, 2.75) is 32.1 Å². The lowest BCUT2D eigenvalue weighted by Crippen LogP contribution is -2.25. The maximum atomic E-state index is 16.2. The summed E-state index contributed by atoms with van der Waals surface area (Å²) in [5.41, 5.74) is 8.55. The first-order valence-corrected chi connectivity index (χ1v) is 11.2. The molecule has 5 heterocycles. The highest BCUT2D eigenvalue weighted by molar-refractivity contribution is 7.17. The number of nitrogen functional groups attached to an aromatic ring is 1. The Hall–Kier alpha value is -3.29. The van der Waals surface area contributed by atoms with Crippen molar-refractivity contribution < 1.29 is 13.5 Å². The number of nitrogens with zero attached hydrogens (tertiary/aromatic N) is 4. The topological polar surface area (TPSA) is 100 Å². The second-order valence-corrected chi connectivity index (χ2v) is 9.14. The molecule has 0 spiro atoms. The van der Waals surface area contributed by atoms with Gasteiger partial charge in [-0.1, -0.05) is 0 Å². The average molecular weight is 452 g/mol. The van der Waals surface area contributed by atoms with Gasteiger partial charge in [-0.15, -0.1) is 11.3 Å². The van der Waals surface area contributed by atoms with E-state index in [1.54, 1.807) is 6.20 Å². The minimum Gasteiger partial charge on any atom is -0.389 e. The molecule has 0 radical (unpaired) electrons. The third-order valence-corrected chi connectivity index (χ3v) is 7.41. The highest BCUT2D eigenvalue weighted by Gasteiger charge is 2.36. The molecule has 0 bridgehead atoms. The van der Waals surface area contributed by atoms with E-state index in [2.05, 4.69) is 21.4 Å². The highest BCUT2D eigenvalue weighted by atomic mass is 32.1. The number of nitriles is 1. The summed E-state index contributed by atoms with van der Waals surface area (Å²) in [6.45, 7) is 2.20. The van der Waals surface area contributed by atoms with Crippen LogP contribution in [-0.2, 0) is 18.0 Å². The Kier molecular flexibility index (Phi) is 4.31. The minimum absolute atomic E-state index is 0.165. The molecular weight excluding hydrogens is 434 g/mol. The fourth-order valence-corrected chi connectivity index (χ4v) is 5.83. The number of hydrogen-bond acceptors (Lipinski definition) is 8. The Morgan fingerprint density at radius 1 is 1.22 bits per heavy atom. The first-order valence-electron chi connectivity index (χ1n) is 10.4. The molecule has 1 unspecified atom stereocenters. The standard InChI is InChI=1S/C22H18F2N6OS/c23-14-7-27-19(16-10(5-25)21(26)32-20(14)16)15-13-9-31-8-12(13)11-6-28-22(29-18(11)17(15)24)30-3-1-2-4-30/h6-7,19,27H,1-4,8-9,26H2. The number of nitrogens with two attached hydrogens (primary N) is 1. The van der Waals surface area contributed by atoms with Gasteiger partial charge in [0.05, 0.1) is 29.7 Å². The van der Waals surface area contributed by atoms with Crippen molar-refractivity contribution >= 4 is 39.0 Å². The quantitative estimate of drug-likeness (QED) is 0.609. The van der Waals surface area contributed by atoms with Gasteiger partial charge in [-0.25, -0.2) is 18.7 Å².